The molecule has 0 N–H and O–H groups in total. The fourth-order valence-corrected chi connectivity index (χ4v) is 1.56. The van der Waals surface area contributed by atoms with Crippen LogP contribution in [-0.2, 0) is 0 Å². The largest absolute Gasteiger partial charge is 0.478 e. The van der Waals surface area contributed by atoms with Gasteiger partial charge in [-0.05, 0) is 6.42 Å². The Labute approximate surface area is 110 Å². The molecule has 1 aromatic heterocycles. The van der Waals surface area contributed by atoms with Crippen molar-refractivity contribution in [1.82, 2.24) is 9.97 Å². The molecule has 0 aliphatic carbocycles. The molecule has 7 heteroatoms. The quantitative estimate of drug-likeness (QED) is 0.686. The van der Waals surface area contributed by atoms with Crippen molar-refractivity contribution < 1.29 is 13.5 Å². The van der Waals surface area contributed by atoms with Gasteiger partial charge in [0.2, 0.25) is 5.88 Å². The van der Waals surface area contributed by atoms with Crippen LogP contribution in [0.1, 0.15) is 13.3 Å². The van der Waals surface area contributed by atoms with Gasteiger partial charge in [0.15, 0.2) is 0 Å². The molecule has 0 fully saturated rings. The molecule has 0 amide bonds. The Kier molecular flexibility index (Phi) is 6.64. The lowest BCUT2D eigenvalue weighted by molar-refractivity contribution is 0.155. The van der Waals surface area contributed by atoms with Crippen LogP contribution in [0.15, 0.2) is 12.4 Å². The lowest BCUT2D eigenvalue weighted by atomic mass is 10.4. The minimum Gasteiger partial charge on any atom is -0.478 e. The molecule has 0 aliphatic heterocycles. The number of alkyl halides is 3. The van der Waals surface area contributed by atoms with Crippen LogP contribution in [0.5, 0.6) is 5.88 Å². The van der Waals surface area contributed by atoms with Crippen LogP contribution in [-0.4, -0.2) is 42.0 Å². The topological polar surface area (TPSA) is 38.2 Å². The number of aromatic nitrogens is 2. The van der Waals surface area contributed by atoms with Crippen molar-refractivity contribution in [3.05, 3.63) is 12.4 Å². The molecule has 1 aromatic rings. The zero-order chi connectivity index (χ0) is 13.4. The van der Waals surface area contributed by atoms with Crippen LogP contribution < -0.4 is 9.64 Å². The number of hydrogen-bond donors (Lipinski definition) is 0. The predicted octanol–water partition coefficient (Wildman–Crippen LogP) is 2.58. The molecule has 0 bridgehead atoms. The highest BCUT2D eigenvalue weighted by molar-refractivity contribution is 6.18. The number of ether oxygens (including phenoxy) is 1. The lowest BCUT2D eigenvalue weighted by Gasteiger charge is -2.22. The molecular weight excluding hydrogens is 264 g/mol. The molecule has 0 aliphatic rings. The van der Waals surface area contributed by atoms with Crippen molar-refractivity contribution in [2.45, 2.75) is 19.8 Å². The van der Waals surface area contributed by atoms with Crippen LogP contribution in [0.25, 0.3) is 0 Å². The third kappa shape index (κ3) is 5.00. The zero-order valence-electron chi connectivity index (χ0n) is 10.2. The van der Waals surface area contributed by atoms with Gasteiger partial charge < -0.3 is 9.64 Å². The minimum atomic E-state index is -2.44. The minimum absolute atomic E-state index is 0.252. The fourth-order valence-electron chi connectivity index (χ4n) is 1.36. The van der Waals surface area contributed by atoms with Gasteiger partial charge in [-0.3, -0.25) is 0 Å². The summed E-state index contributed by atoms with van der Waals surface area (Å²) in [4.78, 5) is 9.30. The van der Waals surface area contributed by atoms with Crippen molar-refractivity contribution in [3.63, 3.8) is 0 Å². The molecular formula is C11H16ClF2N3O. The van der Waals surface area contributed by atoms with E-state index < -0.39 is 13.0 Å². The molecule has 0 aromatic carbocycles. The molecule has 0 spiro atoms. The molecule has 1 rings (SSSR count). The number of anilines is 1. The molecule has 18 heavy (non-hydrogen) atoms. The van der Waals surface area contributed by atoms with E-state index in [4.69, 9.17) is 16.3 Å². The Hall–Kier alpha value is -1.17. The predicted molar refractivity (Wildman–Crippen MR) is 66.8 cm³/mol. The summed E-state index contributed by atoms with van der Waals surface area (Å²) >= 11 is 5.59. The summed E-state index contributed by atoms with van der Waals surface area (Å²) in [5.74, 6) is 1.04. The first-order chi connectivity index (χ1) is 8.67. The number of nitrogens with zero attached hydrogens (tertiary/aromatic N) is 3. The van der Waals surface area contributed by atoms with Crippen LogP contribution in [0, 0.1) is 0 Å². The Morgan fingerprint density at radius 2 is 2.22 bits per heavy atom. The summed E-state index contributed by atoms with van der Waals surface area (Å²) in [6.07, 6.45) is -0.294. The van der Waals surface area contributed by atoms with Gasteiger partial charge in [0.05, 0.1) is 13.2 Å². The molecule has 0 unspecified atom stereocenters. The third-order valence-corrected chi connectivity index (χ3v) is 2.29. The zero-order valence-corrected chi connectivity index (χ0v) is 10.9. The van der Waals surface area contributed by atoms with Crippen LogP contribution >= 0.6 is 11.6 Å². The number of halogens is 3. The van der Waals surface area contributed by atoms with Gasteiger partial charge >= 0.3 is 0 Å². The van der Waals surface area contributed by atoms with Gasteiger partial charge in [-0.2, -0.15) is 0 Å². The van der Waals surface area contributed by atoms with Crippen molar-refractivity contribution in [1.29, 1.82) is 0 Å². The second kappa shape index (κ2) is 8.02. The molecule has 0 saturated carbocycles. The molecule has 102 valence electrons. The maximum Gasteiger partial charge on any atom is 0.255 e. The van der Waals surface area contributed by atoms with Gasteiger partial charge in [-0.25, -0.2) is 18.7 Å². The third-order valence-electron chi connectivity index (χ3n) is 2.12. The highest BCUT2D eigenvalue weighted by Gasteiger charge is 2.14. The first-order valence-corrected chi connectivity index (χ1v) is 6.24. The summed E-state index contributed by atoms with van der Waals surface area (Å²) in [7, 11) is 0. The summed E-state index contributed by atoms with van der Waals surface area (Å²) < 4.78 is 30.2. The van der Waals surface area contributed by atoms with Gasteiger partial charge in [-0.1, -0.05) is 6.92 Å². The molecule has 0 radical (unpaired) electrons. The monoisotopic (exact) mass is 279 g/mol. The second-order valence-corrected chi connectivity index (χ2v) is 3.97. The van der Waals surface area contributed by atoms with Gasteiger partial charge in [-0.15, -0.1) is 11.6 Å². The molecule has 0 saturated heterocycles. The van der Waals surface area contributed by atoms with Crippen molar-refractivity contribution in [3.8, 4) is 5.88 Å². The molecule has 4 nitrogen and oxygen atoms in total. The van der Waals surface area contributed by atoms with Gasteiger partial charge in [0.25, 0.3) is 6.43 Å². The maximum absolute atomic E-state index is 12.4. The summed E-state index contributed by atoms with van der Waals surface area (Å²) in [6.45, 7) is 2.40. The summed E-state index contributed by atoms with van der Waals surface area (Å²) in [5.41, 5.74) is 0. The average Bonchev–Trinajstić information content (AvgIpc) is 2.36. The Morgan fingerprint density at radius 3 is 2.83 bits per heavy atom. The van der Waals surface area contributed by atoms with E-state index in [2.05, 4.69) is 9.97 Å². The molecule has 1 heterocycles. The van der Waals surface area contributed by atoms with Crippen molar-refractivity contribution in [2.75, 3.05) is 30.5 Å². The average molecular weight is 280 g/mol. The van der Waals surface area contributed by atoms with E-state index >= 15 is 0 Å². The van der Waals surface area contributed by atoms with Gasteiger partial charge in [0, 0.05) is 18.5 Å². The first-order valence-electron chi connectivity index (χ1n) is 5.71. The summed E-state index contributed by atoms with van der Waals surface area (Å²) in [5, 5.41) is 0. The summed E-state index contributed by atoms with van der Waals surface area (Å²) in [6, 6.07) is 1.55. The first kappa shape index (κ1) is 14.9. The SMILES string of the molecule is CCCOc1cc(N(CCCl)CC(F)F)ncn1. The van der Waals surface area contributed by atoms with E-state index in [0.29, 0.717) is 24.8 Å². The number of hydrogen-bond acceptors (Lipinski definition) is 4. The highest BCUT2D eigenvalue weighted by Crippen LogP contribution is 2.17. The van der Waals surface area contributed by atoms with E-state index in [-0.39, 0.29) is 5.88 Å². The van der Waals surface area contributed by atoms with E-state index in [9.17, 15) is 8.78 Å². The standard InChI is InChI=1S/C11H16ClF2N3O/c1-2-5-18-11-6-10(15-8-16-11)17(4-3-12)7-9(13)14/h6,8-9H,2-5,7H2,1H3. The van der Waals surface area contributed by atoms with Gasteiger partial charge in [0.1, 0.15) is 12.1 Å². The van der Waals surface area contributed by atoms with Crippen LogP contribution in [0.4, 0.5) is 14.6 Å². The smallest absolute Gasteiger partial charge is 0.255 e. The maximum atomic E-state index is 12.4. The Bertz CT molecular complexity index is 355. The molecule has 0 atom stereocenters. The van der Waals surface area contributed by atoms with E-state index in [1.165, 1.54) is 11.2 Å². The van der Waals surface area contributed by atoms with Crippen molar-refractivity contribution >= 4 is 17.4 Å². The highest BCUT2D eigenvalue weighted by atomic mass is 35.5. The van der Waals surface area contributed by atoms with E-state index in [1.54, 1.807) is 6.07 Å². The van der Waals surface area contributed by atoms with Crippen molar-refractivity contribution in [2.24, 2.45) is 0 Å². The Morgan fingerprint density at radius 1 is 1.44 bits per heavy atom. The second-order valence-electron chi connectivity index (χ2n) is 3.59. The Balaban J connectivity index is 2.76. The van der Waals surface area contributed by atoms with E-state index in [1.807, 2.05) is 6.92 Å². The lowest BCUT2D eigenvalue weighted by Crippen LogP contribution is -2.31. The van der Waals surface area contributed by atoms with Crippen LogP contribution in [0.2, 0.25) is 0 Å². The normalized spacial score (nSPS) is 10.7. The van der Waals surface area contributed by atoms with E-state index in [0.717, 1.165) is 6.42 Å². The van der Waals surface area contributed by atoms with Crippen LogP contribution in [0.3, 0.4) is 0 Å². The fraction of sp³-hybridized carbons (Fsp3) is 0.636. The number of rotatable bonds is 8.